The molecule has 7 nitrogen and oxygen atoms in total. The third-order valence-electron chi connectivity index (χ3n) is 4.74. The first-order valence-corrected chi connectivity index (χ1v) is 10.8. The molecule has 1 amide bonds. The second kappa shape index (κ2) is 12.5. The maximum absolute atomic E-state index is 12.4. The van der Waals surface area contributed by atoms with Crippen molar-refractivity contribution in [2.75, 3.05) is 38.7 Å². The Morgan fingerprint density at radius 1 is 1.00 bits per heavy atom. The summed E-state index contributed by atoms with van der Waals surface area (Å²) in [5.74, 6) is 2.09. The number of carbonyl (C=O) groups is 1. The number of hydrogen-bond acceptors (Lipinski definition) is 4. The van der Waals surface area contributed by atoms with Gasteiger partial charge in [0.25, 0.3) is 5.91 Å². The molecule has 0 radical (unpaired) electrons. The molecule has 168 valence electrons. The van der Waals surface area contributed by atoms with Gasteiger partial charge in [-0.05, 0) is 57.5 Å². The summed E-state index contributed by atoms with van der Waals surface area (Å²) >= 11 is 0. The fourth-order valence-electron chi connectivity index (χ4n) is 3.08. The smallest absolute Gasteiger partial charge is 0.253 e. The van der Waals surface area contributed by atoms with Crippen LogP contribution in [-0.4, -0.2) is 50.1 Å². The Kier molecular flexibility index (Phi) is 9.68. The predicted octanol–water partition coefficient (Wildman–Crippen LogP) is 4.15. The van der Waals surface area contributed by atoms with Crippen LogP contribution in [0.15, 0.2) is 47.5 Å². The number of hydrogen-bond donors (Lipinski definition) is 2. The van der Waals surface area contributed by atoms with Gasteiger partial charge in [-0.25, -0.2) is 4.99 Å². The summed E-state index contributed by atoms with van der Waals surface area (Å²) in [6.45, 7) is 11.1. The van der Waals surface area contributed by atoms with Crippen molar-refractivity contribution in [1.29, 1.82) is 0 Å². The number of guanidine groups is 1. The highest BCUT2D eigenvalue weighted by Gasteiger charge is 2.12. The molecule has 0 bridgehead atoms. The van der Waals surface area contributed by atoms with Gasteiger partial charge in [0.1, 0.15) is 0 Å². The quantitative estimate of drug-likeness (QED) is 0.441. The van der Waals surface area contributed by atoms with E-state index in [0.29, 0.717) is 49.3 Å². The number of benzene rings is 2. The van der Waals surface area contributed by atoms with Gasteiger partial charge in [-0.1, -0.05) is 12.1 Å². The van der Waals surface area contributed by atoms with Crippen molar-refractivity contribution >= 4 is 17.6 Å². The standard InChI is InChI=1S/C24H34N4O3/c1-6-25-24(27-20-14-15-21(31-9-4)22(16-20)30-5)26-17-18-10-12-19(13-11-18)23(29)28(7-2)8-3/h10-16H,6-9,17H2,1-5H3,(H2,25,26,27). The van der Waals surface area contributed by atoms with Gasteiger partial charge in [0.2, 0.25) is 0 Å². The Labute approximate surface area is 185 Å². The van der Waals surface area contributed by atoms with E-state index >= 15 is 0 Å². The molecule has 0 aromatic heterocycles. The summed E-state index contributed by atoms with van der Waals surface area (Å²) in [5.41, 5.74) is 2.57. The normalized spacial score (nSPS) is 11.1. The Morgan fingerprint density at radius 2 is 1.71 bits per heavy atom. The van der Waals surface area contributed by atoms with E-state index in [9.17, 15) is 4.79 Å². The molecule has 0 atom stereocenters. The molecule has 7 heteroatoms. The van der Waals surface area contributed by atoms with Gasteiger partial charge < -0.3 is 25.0 Å². The molecule has 0 aliphatic carbocycles. The highest BCUT2D eigenvalue weighted by atomic mass is 16.5. The Balaban J connectivity index is 2.10. The van der Waals surface area contributed by atoms with Crippen molar-refractivity contribution in [3.8, 4) is 11.5 Å². The highest BCUT2D eigenvalue weighted by molar-refractivity contribution is 5.94. The molecular formula is C24H34N4O3. The largest absolute Gasteiger partial charge is 0.493 e. The van der Waals surface area contributed by atoms with Crippen LogP contribution in [0.25, 0.3) is 0 Å². The summed E-state index contributed by atoms with van der Waals surface area (Å²) < 4.78 is 11.0. The van der Waals surface area contributed by atoms with E-state index in [1.54, 1.807) is 7.11 Å². The lowest BCUT2D eigenvalue weighted by atomic mass is 10.1. The van der Waals surface area contributed by atoms with Crippen LogP contribution in [0.3, 0.4) is 0 Å². The Bertz CT molecular complexity index is 862. The maximum atomic E-state index is 12.4. The molecule has 0 aliphatic rings. The first-order valence-electron chi connectivity index (χ1n) is 10.8. The molecule has 31 heavy (non-hydrogen) atoms. The van der Waals surface area contributed by atoms with Gasteiger partial charge in [0.15, 0.2) is 17.5 Å². The van der Waals surface area contributed by atoms with Gasteiger partial charge in [-0.15, -0.1) is 0 Å². The van der Waals surface area contributed by atoms with E-state index in [-0.39, 0.29) is 5.91 Å². The first kappa shape index (κ1) is 24.1. The highest BCUT2D eigenvalue weighted by Crippen LogP contribution is 2.30. The first-order chi connectivity index (χ1) is 15.1. The Hall–Kier alpha value is -3.22. The summed E-state index contributed by atoms with van der Waals surface area (Å²) in [6, 6.07) is 13.3. The van der Waals surface area contributed by atoms with Gasteiger partial charge in [0, 0.05) is 37.0 Å². The van der Waals surface area contributed by atoms with Crippen molar-refractivity contribution in [3.05, 3.63) is 53.6 Å². The second-order valence-corrected chi connectivity index (χ2v) is 6.79. The van der Waals surface area contributed by atoms with Crippen LogP contribution in [-0.2, 0) is 6.54 Å². The van der Waals surface area contributed by atoms with Crippen LogP contribution in [0.2, 0.25) is 0 Å². The third kappa shape index (κ3) is 6.91. The molecule has 2 aromatic rings. The molecule has 2 aromatic carbocycles. The van der Waals surface area contributed by atoms with E-state index in [2.05, 4.69) is 15.6 Å². The monoisotopic (exact) mass is 426 g/mol. The zero-order valence-corrected chi connectivity index (χ0v) is 19.2. The topological polar surface area (TPSA) is 75.2 Å². The van der Waals surface area contributed by atoms with E-state index in [4.69, 9.17) is 9.47 Å². The summed E-state index contributed by atoms with van der Waals surface area (Å²) in [7, 11) is 1.62. The van der Waals surface area contributed by atoms with Gasteiger partial charge >= 0.3 is 0 Å². The number of ether oxygens (including phenoxy) is 2. The minimum Gasteiger partial charge on any atom is -0.493 e. The molecular weight excluding hydrogens is 392 g/mol. The van der Waals surface area contributed by atoms with E-state index < -0.39 is 0 Å². The van der Waals surface area contributed by atoms with Crippen LogP contribution in [0.5, 0.6) is 11.5 Å². The van der Waals surface area contributed by atoms with Gasteiger partial charge in [0.05, 0.1) is 20.3 Å². The lowest BCUT2D eigenvalue weighted by molar-refractivity contribution is 0.0773. The van der Waals surface area contributed by atoms with Gasteiger partial charge in [-0.2, -0.15) is 0 Å². The summed E-state index contributed by atoms with van der Waals surface area (Å²) in [4.78, 5) is 18.9. The third-order valence-corrected chi connectivity index (χ3v) is 4.74. The van der Waals surface area contributed by atoms with Gasteiger partial charge in [-0.3, -0.25) is 4.79 Å². The number of nitrogens with one attached hydrogen (secondary N) is 2. The zero-order valence-electron chi connectivity index (χ0n) is 19.2. The van der Waals surface area contributed by atoms with Crippen LogP contribution in [0, 0.1) is 0 Å². The van der Waals surface area contributed by atoms with Crippen molar-refractivity contribution in [3.63, 3.8) is 0 Å². The number of methoxy groups -OCH3 is 1. The molecule has 0 unspecified atom stereocenters. The van der Waals surface area contributed by atoms with E-state index in [1.165, 1.54) is 0 Å². The van der Waals surface area contributed by atoms with Crippen molar-refractivity contribution in [2.45, 2.75) is 34.2 Å². The molecule has 0 heterocycles. The predicted molar refractivity (Wildman–Crippen MR) is 126 cm³/mol. The second-order valence-electron chi connectivity index (χ2n) is 6.79. The van der Waals surface area contributed by atoms with E-state index in [1.807, 2.05) is 75.1 Å². The van der Waals surface area contributed by atoms with Crippen LogP contribution in [0.1, 0.15) is 43.6 Å². The summed E-state index contributed by atoms with van der Waals surface area (Å²) in [5, 5.41) is 6.54. The van der Waals surface area contributed by atoms with Crippen molar-refractivity contribution < 1.29 is 14.3 Å². The molecule has 2 N–H and O–H groups in total. The zero-order chi connectivity index (χ0) is 22.6. The average Bonchev–Trinajstić information content (AvgIpc) is 2.79. The molecule has 0 fully saturated rings. The average molecular weight is 427 g/mol. The number of nitrogens with zero attached hydrogens (tertiary/aromatic N) is 2. The number of aliphatic imine (C=N–C) groups is 1. The lowest BCUT2D eigenvalue weighted by Gasteiger charge is -2.18. The fraction of sp³-hybridized carbons (Fsp3) is 0.417. The molecule has 0 spiro atoms. The minimum atomic E-state index is 0.0551. The van der Waals surface area contributed by atoms with Crippen LogP contribution < -0.4 is 20.1 Å². The van der Waals surface area contributed by atoms with Crippen LogP contribution >= 0.6 is 0 Å². The van der Waals surface area contributed by atoms with E-state index in [0.717, 1.165) is 17.8 Å². The maximum Gasteiger partial charge on any atom is 0.253 e. The summed E-state index contributed by atoms with van der Waals surface area (Å²) in [6.07, 6.45) is 0. The van der Waals surface area contributed by atoms with Crippen molar-refractivity contribution in [1.82, 2.24) is 10.2 Å². The lowest BCUT2D eigenvalue weighted by Crippen LogP contribution is -2.30. The number of amides is 1. The number of rotatable bonds is 10. The Morgan fingerprint density at radius 3 is 2.29 bits per heavy atom. The number of carbonyl (C=O) groups excluding carboxylic acids is 1. The minimum absolute atomic E-state index is 0.0551. The SMILES string of the molecule is CCNC(=NCc1ccc(C(=O)N(CC)CC)cc1)Nc1ccc(OCC)c(OC)c1. The van der Waals surface area contributed by atoms with Crippen LogP contribution in [0.4, 0.5) is 5.69 Å². The number of anilines is 1. The molecule has 0 aliphatic heterocycles. The molecule has 0 saturated carbocycles. The van der Waals surface area contributed by atoms with Crippen molar-refractivity contribution in [2.24, 2.45) is 4.99 Å². The fourth-order valence-corrected chi connectivity index (χ4v) is 3.08. The molecule has 0 saturated heterocycles. The molecule has 2 rings (SSSR count).